The maximum Gasteiger partial charge on any atom is 0.243 e. The van der Waals surface area contributed by atoms with Crippen LogP contribution < -0.4 is 11.1 Å². The third-order valence-electron chi connectivity index (χ3n) is 6.23. The van der Waals surface area contributed by atoms with E-state index in [9.17, 15) is 13.2 Å². The zero-order valence-corrected chi connectivity index (χ0v) is 18.3. The smallest absolute Gasteiger partial charge is 0.243 e. The largest absolute Gasteiger partial charge is 0.353 e. The van der Waals surface area contributed by atoms with E-state index < -0.39 is 10.0 Å². The van der Waals surface area contributed by atoms with Gasteiger partial charge >= 0.3 is 0 Å². The van der Waals surface area contributed by atoms with Gasteiger partial charge in [0.15, 0.2) is 0 Å². The van der Waals surface area contributed by atoms with E-state index in [0.29, 0.717) is 43.3 Å². The maximum atomic E-state index is 12.9. The molecule has 1 aromatic carbocycles. The van der Waals surface area contributed by atoms with Crippen molar-refractivity contribution < 1.29 is 13.2 Å². The number of halogens is 1. The molecule has 0 aromatic heterocycles. The fourth-order valence-corrected chi connectivity index (χ4v) is 5.75. The van der Waals surface area contributed by atoms with Crippen LogP contribution in [-0.2, 0) is 14.8 Å². The summed E-state index contributed by atoms with van der Waals surface area (Å²) in [5.74, 6) is 0.318. The highest BCUT2D eigenvalue weighted by atomic mass is 35.5. The molecule has 158 valence electrons. The summed E-state index contributed by atoms with van der Waals surface area (Å²) in [4.78, 5) is 12.9. The van der Waals surface area contributed by atoms with Crippen LogP contribution in [0.3, 0.4) is 0 Å². The summed E-state index contributed by atoms with van der Waals surface area (Å²) >= 11 is 0. The van der Waals surface area contributed by atoms with E-state index in [1.807, 2.05) is 19.9 Å². The highest BCUT2D eigenvalue weighted by Gasteiger charge is 2.34. The number of carbonyl (C=O) groups is 1. The second kappa shape index (κ2) is 9.57. The molecule has 2 atom stereocenters. The van der Waals surface area contributed by atoms with Crippen LogP contribution in [0.5, 0.6) is 0 Å². The predicted octanol–water partition coefficient (Wildman–Crippen LogP) is 2.37. The summed E-state index contributed by atoms with van der Waals surface area (Å²) in [5.41, 5.74) is 7.84. The average molecular weight is 430 g/mol. The van der Waals surface area contributed by atoms with Gasteiger partial charge in [0.05, 0.1) is 4.90 Å². The van der Waals surface area contributed by atoms with Crippen molar-refractivity contribution in [2.45, 2.75) is 56.9 Å². The fraction of sp³-hybridized carbons (Fsp3) is 0.650. The first kappa shape index (κ1) is 23.1. The number of nitrogens with one attached hydrogen (secondary N) is 1. The number of aryl methyl sites for hydroxylation is 2. The van der Waals surface area contributed by atoms with Gasteiger partial charge in [0.25, 0.3) is 0 Å². The van der Waals surface area contributed by atoms with Crippen LogP contribution in [0, 0.1) is 25.7 Å². The molecular weight excluding hydrogens is 398 g/mol. The Bertz CT molecular complexity index is 792. The molecule has 0 radical (unpaired) electrons. The molecule has 1 aliphatic carbocycles. The molecule has 6 nitrogen and oxygen atoms in total. The van der Waals surface area contributed by atoms with Crippen molar-refractivity contribution >= 4 is 28.3 Å². The number of benzene rings is 1. The standard InChI is InChI=1S/C20H31N3O3S.ClH/c1-14-6-7-18(12-15(14)2)27(25,26)23-10-8-16(9-11-23)20(24)22-19-5-3-4-17(19)13-21;/h6-7,12,16-17,19H,3-5,8-11,13,21H2,1-2H3,(H,22,24);1H. The molecule has 1 aromatic rings. The number of hydrogen-bond acceptors (Lipinski definition) is 4. The number of carbonyl (C=O) groups excluding carboxylic acids is 1. The minimum atomic E-state index is -3.50. The van der Waals surface area contributed by atoms with Gasteiger partial charge in [-0.2, -0.15) is 4.31 Å². The first-order valence-corrected chi connectivity index (χ1v) is 11.3. The van der Waals surface area contributed by atoms with Gasteiger partial charge in [-0.25, -0.2) is 8.42 Å². The molecule has 1 saturated heterocycles. The molecule has 2 fully saturated rings. The van der Waals surface area contributed by atoms with Gasteiger partial charge in [-0.1, -0.05) is 12.5 Å². The molecule has 1 saturated carbocycles. The van der Waals surface area contributed by atoms with Crippen molar-refractivity contribution in [1.29, 1.82) is 0 Å². The van der Waals surface area contributed by atoms with Crippen LogP contribution in [0.4, 0.5) is 0 Å². The summed E-state index contributed by atoms with van der Waals surface area (Å²) < 4.78 is 27.3. The zero-order chi connectivity index (χ0) is 19.6. The molecule has 0 spiro atoms. The normalized spacial score (nSPS) is 24.0. The number of hydrogen-bond donors (Lipinski definition) is 2. The van der Waals surface area contributed by atoms with Gasteiger partial charge in [0.2, 0.25) is 15.9 Å². The van der Waals surface area contributed by atoms with Gasteiger partial charge in [0, 0.05) is 25.0 Å². The van der Waals surface area contributed by atoms with Crippen molar-refractivity contribution in [3.63, 3.8) is 0 Å². The van der Waals surface area contributed by atoms with Crippen LogP contribution in [-0.4, -0.2) is 44.3 Å². The lowest BCUT2D eigenvalue weighted by Crippen LogP contribution is -2.46. The molecule has 3 N–H and O–H groups in total. The van der Waals surface area contributed by atoms with Gasteiger partial charge < -0.3 is 11.1 Å². The molecule has 1 aliphatic heterocycles. The zero-order valence-electron chi connectivity index (χ0n) is 16.7. The first-order chi connectivity index (χ1) is 12.8. The molecule has 2 aliphatic rings. The minimum Gasteiger partial charge on any atom is -0.353 e. The molecule has 8 heteroatoms. The Morgan fingerprint density at radius 1 is 1.14 bits per heavy atom. The van der Waals surface area contributed by atoms with Crippen molar-refractivity contribution in [2.24, 2.45) is 17.6 Å². The van der Waals surface area contributed by atoms with Crippen molar-refractivity contribution in [1.82, 2.24) is 9.62 Å². The van der Waals surface area contributed by atoms with Gasteiger partial charge in [0.1, 0.15) is 0 Å². The Hall–Kier alpha value is -1.15. The number of nitrogens with zero attached hydrogens (tertiary/aromatic N) is 1. The van der Waals surface area contributed by atoms with Crippen molar-refractivity contribution in [2.75, 3.05) is 19.6 Å². The molecule has 2 unspecified atom stereocenters. The van der Waals surface area contributed by atoms with E-state index >= 15 is 0 Å². The number of rotatable bonds is 5. The van der Waals surface area contributed by atoms with Gasteiger partial charge in [-0.15, -0.1) is 12.4 Å². The quantitative estimate of drug-likeness (QED) is 0.751. The predicted molar refractivity (Wildman–Crippen MR) is 113 cm³/mol. The monoisotopic (exact) mass is 429 g/mol. The van der Waals surface area contributed by atoms with E-state index in [0.717, 1.165) is 30.4 Å². The molecule has 3 rings (SSSR count). The van der Waals surface area contributed by atoms with E-state index in [2.05, 4.69) is 5.32 Å². The van der Waals surface area contributed by atoms with Gasteiger partial charge in [-0.3, -0.25) is 4.79 Å². The van der Waals surface area contributed by atoms with Crippen LogP contribution in [0.25, 0.3) is 0 Å². The summed E-state index contributed by atoms with van der Waals surface area (Å²) in [7, 11) is -3.50. The first-order valence-electron chi connectivity index (χ1n) is 9.90. The highest BCUT2D eigenvalue weighted by molar-refractivity contribution is 7.89. The fourth-order valence-electron chi connectivity index (χ4n) is 4.19. The third-order valence-corrected chi connectivity index (χ3v) is 8.12. The summed E-state index contributed by atoms with van der Waals surface area (Å²) in [6.45, 7) is 5.27. The Morgan fingerprint density at radius 2 is 1.82 bits per heavy atom. The van der Waals surface area contributed by atoms with E-state index in [1.165, 1.54) is 4.31 Å². The van der Waals surface area contributed by atoms with E-state index in [1.54, 1.807) is 12.1 Å². The van der Waals surface area contributed by atoms with E-state index in [4.69, 9.17) is 5.73 Å². The Morgan fingerprint density at radius 3 is 2.43 bits per heavy atom. The van der Waals surface area contributed by atoms with Crippen LogP contribution in [0.15, 0.2) is 23.1 Å². The lowest BCUT2D eigenvalue weighted by Gasteiger charge is -2.31. The lowest BCUT2D eigenvalue weighted by molar-refractivity contribution is -0.127. The number of sulfonamides is 1. The Kier molecular flexibility index (Phi) is 7.90. The average Bonchev–Trinajstić information content (AvgIpc) is 3.11. The molecule has 1 heterocycles. The second-order valence-electron chi connectivity index (χ2n) is 7.97. The molecule has 28 heavy (non-hydrogen) atoms. The molecule has 1 amide bonds. The Labute approximate surface area is 174 Å². The number of piperidine rings is 1. The van der Waals surface area contributed by atoms with Gasteiger partial charge in [-0.05, 0) is 75.3 Å². The minimum absolute atomic E-state index is 0. The maximum absolute atomic E-state index is 12.9. The molecule has 0 bridgehead atoms. The van der Waals surface area contributed by atoms with Crippen LogP contribution >= 0.6 is 12.4 Å². The van der Waals surface area contributed by atoms with E-state index in [-0.39, 0.29) is 30.3 Å². The lowest BCUT2D eigenvalue weighted by atomic mass is 9.95. The van der Waals surface area contributed by atoms with Crippen LogP contribution in [0.2, 0.25) is 0 Å². The summed E-state index contributed by atoms with van der Waals surface area (Å²) in [6.07, 6.45) is 4.31. The Balaban J connectivity index is 0.00000280. The third kappa shape index (κ3) is 4.87. The summed E-state index contributed by atoms with van der Waals surface area (Å²) in [5, 5.41) is 3.16. The molecular formula is C20H32ClN3O3S. The summed E-state index contributed by atoms with van der Waals surface area (Å²) in [6, 6.07) is 5.43. The van der Waals surface area contributed by atoms with Crippen molar-refractivity contribution in [3.05, 3.63) is 29.3 Å². The SMILES string of the molecule is Cc1ccc(S(=O)(=O)N2CCC(C(=O)NC3CCCC3CN)CC2)cc1C.Cl. The highest BCUT2D eigenvalue weighted by Crippen LogP contribution is 2.28. The number of amides is 1. The topological polar surface area (TPSA) is 92.5 Å². The van der Waals surface area contributed by atoms with Crippen LogP contribution in [0.1, 0.15) is 43.2 Å². The number of nitrogens with two attached hydrogens (primary N) is 1. The van der Waals surface area contributed by atoms with Crippen molar-refractivity contribution in [3.8, 4) is 0 Å². The second-order valence-corrected chi connectivity index (χ2v) is 9.90.